The second-order valence-corrected chi connectivity index (χ2v) is 10.6. The maximum absolute atomic E-state index is 13.6. The molecule has 1 saturated heterocycles. The molecule has 0 bridgehead atoms. The molecule has 0 aliphatic carbocycles. The van der Waals surface area contributed by atoms with Crippen LogP contribution in [0.4, 0.5) is 0 Å². The highest BCUT2D eigenvalue weighted by Crippen LogP contribution is 2.37. The van der Waals surface area contributed by atoms with Crippen LogP contribution in [0.3, 0.4) is 0 Å². The lowest BCUT2D eigenvalue weighted by molar-refractivity contribution is -0.133. The first-order valence-corrected chi connectivity index (χ1v) is 12.5. The fraction of sp³-hybridized carbons (Fsp3) is 0.360. The predicted molar refractivity (Wildman–Crippen MR) is 135 cm³/mol. The van der Waals surface area contributed by atoms with E-state index in [1.807, 2.05) is 17.9 Å². The quantitative estimate of drug-likeness (QED) is 0.266. The lowest BCUT2D eigenvalue weighted by Gasteiger charge is -2.39. The van der Waals surface area contributed by atoms with Gasteiger partial charge in [0.25, 0.3) is 5.91 Å². The number of halogens is 1. The number of rotatable bonds is 8. The fourth-order valence-electron chi connectivity index (χ4n) is 4.26. The lowest BCUT2D eigenvalue weighted by atomic mass is 9.93. The predicted octanol–water partition coefficient (Wildman–Crippen LogP) is 2.83. The summed E-state index contributed by atoms with van der Waals surface area (Å²) in [5.74, 6) is 3.86. The summed E-state index contributed by atoms with van der Waals surface area (Å²) in [4.78, 5) is 26.2. The molecule has 2 aromatic carbocycles. The monoisotopic (exact) mass is 536 g/mol. The zero-order valence-electron chi connectivity index (χ0n) is 20.0. The summed E-state index contributed by atoms with van der Waals surface area (Å²) >= 11 is 0. The number of hydroxylamine groups is 1. The number of nitrogens with one attached hydrogen (secondary N) is 1. The van der Waals surface area contributed by atoms with Crippen molar-refractivity contribution in [3.63, 3.8) is 0 Å². The molecule has 1 aliphatic heterocycles. The molecule has 9 nitrogen and oxygen atoms in total. The molecule has 1 amide bonds. The van der Waals surface area contributed by atoms with E-state index >= 15 is 0 Å². The molecule has 194 valence electrons. The molecule has 3 rings (SSSR count). The van der Waals surface area contributed by atoms with Crippen LogP contribution in [-0.2, 0) is 21.2 Å². The van der Waals surface area contributed by atoms with Crippen molar-refractivity contribution in [3.05, 3.63) is 59.2 Å². The summed E-state index contributed by atoms with van der Waals surface area (Å²) in [5.41, 5.74) is 3.19. The van der Waals surface area contributed by atoms with Crippen LogP contribution in [0, 0.1) is 18.8 Å². The lowest BCUT2D eigenvalue weighted by Crippen LogP contribution is -2.57. The molecule has 0 spiro atoms. The molecule has 36 heavy (non-hydrogen) atoms. The van der Waals surface area contributed by atoms with Crippen LogP contribution in [0.1, 0.15) is 41.3 Å². The van der Waals surface area contributed by atoms with Gasteiger partial charge in [-0.2, -0.15) is 0 Å². The first-order valence-electron chi connectivity index (χ1n) is 11.0. The zero-order chi connectivity index (χ0) is 25.6. The molecular weight excluding hydrogens is 508 g/mol. The summed E-state index contributed by atoms with van der Waals surface area (Å²) in [6.45, 7) is 4.41. The van der Waals surface area contributed by atoms with Crippen LogP contribution < -0.4 is 10.2 Å². The molecule has 2 aromatic rings. The van der Waals surface area contributed by atoms with Gasteiger partial charge in [0, 0.05) is 19.6 Å². The van der Waals surface area contributed by atoms with Crippen LogP contribution in [0.2, 0.25) is 0 Å². The Bertz CT molecular complexity index is 1260. The number of carbonyl (C=O) groups is 2. The van der Waals surface area contributed by atoms with Gasteiger partial charge in [0.2, 0.25) is 0 Å². The minimum Gasteiger partial charge on any atom is -0.481 e. The number of aromatic carboxylic acids is 1. The van der Waals surface area contributed by atoms with E-state index < -0.39 is 26.5 Å². The Kier molecular flexibility index (Phi) is 9.90. The number of hydrogen-bond donors (Lipinski definition) is 3. The number of carboxylic acids is 1. The van der Waals surface area contributed by atoms with Crippen molar-refractivity contribution in [1.82, 2.24) is 10.4 Å². The van der Waals surface area contributed by atoms with E-state index in [9.17, 15) is 28.3 Å². The highest BCUT2D eigenvalue weighted by Gasteiger charge is 2.53. The maximum atomic E-state index is 13.6. The second-order valence-electron chi connectivity index (χ2n) is 8.31. The Labute approximate surface area is 216 Å². The van der Waals surface area contributed by atoms with E-state index in [1.165, 1.54) is 30.3 Å². The summed E-state index contributed by atoms with van der Waals surface area (Å²) in [6.07, 6.45) is -0.138. The summed E-state index contributed by atoms with van der Waals surface area (Å²) in [5, 5.41) is 18.9. The largest absolute Gasteiger partial charge is 0.481 e. The van der Waals surface area contributed by atoms with Gasteiger partial charge in [0.15, 0.2) is 14.6 Å². The van der Waals surface area contributed by atoms with Crippen LogP contribution >= 0.6 is 12.4 Å². The van der Waals surface area contributed by atoms with Crippen LogP contribution in [0.25, 0.3) is 0 Å². The van der Waals surface area contributed by atoms with Gasteiger partial charge in [-0.25, -0.2) is 18.7 Å². The van der Waals surface area contributed by atoms with Gasteiger partial charge in [0.1, 0.15) is 12.4 Å². The van der Waals surface area contributed by atoms with E-state index in [4.69, 9.17) is 4.74 Å². The van der Waals surface area contributed by atoms with Gasteiger partial charge in [-0.05, 0) is 68.1 Å². The maximum Gasteiger partial charge on any atom is 0.336 e. The Morgan fingerprint density at radius 1 is 1.14 bits per heavy atom. The summed E-state index contributed by atoms with van der Waals surface area (Å²) in [6, 6.07) is 10.8. The molecule has 0 saturated carbocycles. The van der Waals surface area contributed by atoms with E-state index in [1.54, 1.807) is 18.5 Å². The highest BCUT2D eigenvalue weighted by molar-refractivity contribution is 7.93. The van der Waals surface area contributed by atoms with Gasteiger partial charge in [-0.1, -0.05) is 18.1 Å². The van der Waals surface area contributed by atoms with Crippen LogP contribution in [0.5, 0.6) is 5.75 Å². The number of nitrogens with zero attached hydrogens (tertiary/aromatic N) is 1. The summed E-state index contributed by atoms with van der Waals surface area (Å²) < 4.78 is 30.8. The fourth-order valence-corrected chi connectivity index (χ4v) is 6.22. The van der Waals surface area contributed by atoms with Gasteiger partial charge in [0.05, 0.1) is 10.5 Å². The normalized spacial score (nSPS) is 15.1. The average Bonchev–Trinajstić information content (AvgIpc) is 2.85. The first-order chi connectivity index (χ1) is 16.7. The number of benzene rings is 2. The Balaban J connectivity index is 0.00000456. The van der Waals surface area contributed by atoms with Gasteiger partial charge in [-0.15, -0.1) is 18.3 Å². The van der Waals surface area contributed by atoms with E-state index in [-0.39, 0.29) is 55.4 Å². The number of carboxylic acid groups (broad SMARTS) is 1. The van der Waals surface area contributed by atoms with Gasteiger partial charge in [-0.3, -0.25) is 14.9 Å². The number of aryl methyl sites for hydroxylation is 1. The third-order valence-corrected chi connectivity index (χ3v) is 8.85. The second kappa shape index (κ2) is 12.2. The van der Waals surface area contributed by atoms with Gasteiger partial charge < -0.3 is 9.84 Å². The molecule has 0 radical (unpaired) electrons. The molecule has 1 heterocycles. The van der Waals surface area contributed by atoms with Crippen molar-refractivity contribution in [3.8, 4) is 17.6 Å². The molecular formula is C25H29ClN2O7S. The molecule has 0 unspecified atom stereocenters. The van der Waals surface area contributed by atoms with Crippen molar-refractivity contribution in [2.75, 3.05) is 19.7 Å². The number of hydrogen-bond acceptors (Lipinski definition) is 7. The standard InChI is InChI=1S/C25H28N2O7S.ClH/c1-3-4-16-34-19-8-10-20(11-9-19)35(32,33)25(24(30)26-31)12-14-27(15-13-25)17-22-18(2)6-5-7-21(22)23(28)29;/h5-11,31H,12-17H2,1-2H3,(H,26,30)(H,28,29);1H. The first kappa shape index (κ1) is 29.1. The summed E-state index contributed by atoms with van der Waals surface area (Å²) in [7, 11) is -4.18. The topological polar surface area (TPSA) is 133 Å². The Morgan fingerprint density at radius 2 is 1.78 bits per heavy atom. The van der Waals surface area contributed by atoms with Crippen molar-refractivity contribution in [1.29, 1.82) is 0 Å². The van der Waals surface area contributed by atoms with Crippen molar-refractivity contribution < 1.29 is 33.1 Å². The Hall–Kier alpha value is -3.10. The molecule has 0 aromatic heterocycles. The van der Waals surface area contributed by atoms with E-state index in [2.05, 4.69) is 11.8 Å². The van der Waals surface area contributed by atoms with Crippen molar-refractivity contribution >= 4 is 34.1 Å². The minimum absolute atomic E-state index is 0. The molecule has 1 fully saturated rings. The average molecular weight is 537 g/mol. The van der Waals surface area contributed by atoms with E-state index in [0.29, 0.717) is 17.9 Å². The van der Waals surface area contributed by atoms with Crippen LogP contribution in [0.15, 0.2) is 47.4 Å². The smallest absolute Gasteiger partial charge is 0.336 e. The van der Waals surface area contributed by atoms with Crippen molar-refractivity contribution in [2.24, 2.45) is 0 Å². The highest BCUT2D eigenvalue weighted by atomic mass is 35.5. The Morgan fingerprint density at radius 3 is 2.33 bits per heavy atom. The van der Waals surface area contributed by atoms with Gasteiger partial charge >= 0.3 is 5.97 Å². The zero-order valence-corrected chi connectivity index (χ0v) is 21.6. The number of piperidine rings is 1. The SMILES string of the molecule is CC#CCOc1ccc(S(=O)(=O)C2(C(=O)NO)CCN(Cc3c(C)cccc3C(=O)O)CC2)cc1.Cl. The number of likely N-dealkylation sites (tertiary alicyclic amines) is 1. The third-order valence-electron chi connectivity index (χ3n) is 6.34. The number of carbonyl (C=O) groups excluding carboxylic acids is 1. The van der Waals surface area contributed by atoms with Crippen molar-refractivity contribution in [2.45, 2.75) is 42.9 Å². The number of ether oxygens (including phenoxy) is 1. The number of sulfone groups is 1. The molecule has 1 aliphatic rings. The number of amides is 1. The molecule has 0 atom stereocenters. The third kappa shape index (κ3) is 5.82. The van der Waals surface area contributed by atoms with Crippen LogP contribution in [-0.4, -0.2) is 60.0 Å². The molecule has 11 heteroatoms. The molecule has 3 N–H and O–H groups in total. The van der Waals surface area contributed by atoms with E-state index in [0.717, 1.165) is 5.56 Å². The minimum atomic E-state index is -4.18.